The van der Waals surface area contributed by atoms with E-state index in [1.54, 1.807) is 18.2 Å². The predicted molar refractivity (Wildman–Crippen MR) is 82.2 cm³/mol. The van der Waals surface area contributed by atoms with Crippen LogP contribution in [0.3, 0.4) is 0 Å². The average molecular weight is 324 g/mol. The van der Waals surface area contributed by atoms with Crippen LogP contribution in [0.1, 0.15) is 20.7 Å². The molecule has 1 N–H and O–H groups in total. The molecule has 21 heavy (non-hydrogen) atoms. The van der Waals surface area contributed by atoms with Crippen LogP contribution in [0, 0.1) is 0 Å². The Morgan fingerprint density at radius 3 is 2.29 bits per heavy atom. The van der Waals surface area contributed by atoms with Gasteiger partial charge in [-0.3, -0.25) is 4.79 Å². The van der Waals surface area contributed by atoms with Crippen LogP contribution >= 0.6 is 23.2 Å². The van der Waals surface area contributed by atoms with Gasteiger partial charge in [0.1, 0.15) is 0 Å². The monoisotopic (exact) mass is 323 g/mol. The average Bonchev–Trinajstić information content (AvgIpc) is 2.45. The van der Waals surface area contributed by atoms with Crippen molar-refractivity contribution in [3.63, 3.8) is 0 Å². The summed E-state index contributed by atoms with van der Waals surface area (Å²) in [5.74, 6) is -0.849. The first-order valence-electron chi connectivity index (χ1n) is 5.95. The Morgan fingerprint density at radius 2 is 1.67 bits per heavy atom. The molecule has 2 aromatic rings. The molecule has 0 fully saturated rings. The summed E-state index contributed by atoms with van der Waals surface area (Å²) < 4.78 is 4.63. The molecule has 4 nitrogen and oxygen atoms in total. The number of anilines is 1. The molecule has 0 saturated heterocycles. The minimum absolute atomic E-state index is 0.330. The van der Waals surface area contributed by atoms with Crippen LogP contribution in [0.15, 0.2) is 42.5 Å². The lowest BCUT2D eigenvalue weighted by Gasteiger charge is -2.07. The number of esters is 1. The molecule has 2 rings (SSSR count). The summed E-state index contributed by atoms with van der Waals surface area (Å²) in [5.41, 5.74) is 1.15. The van der Waals surface area contributed by atoms with E-state index in [4.69, 9.17) is 23.2 Å². The molecule has 0 radical (unpaired) electrons. The summed E-state index contributed by atoms with van der Waals surface area (Å²) in [5, 5.41) is 3.41. The third-order valence-corrected chi connectivity index (χ3v) is 3.10. The second kappa shape index (κ2) is 6.61. The summed E-state index contributed by atoms with van der Waals surface area (Å²) in [6.07, 6.45) is 0. The summed E-state index contributed by atoms with van der Waals surface area (Å²) in [4.78, 5) is 23.6. The highest BCUT2D eigenvalue weighted by Crippen LogP contribution is 2.20. The smallest absolute Gasteiger partial charge is 0.337 e. The first-order chi connectivity index (χ1) is 9.99. The van der Waals surface area contributed by atoms with Gasteiger partial charge in [0.2, 0.25) is 0 Å². The quantitative estimate of drug-likeness (QED) is 0.867. The first kappa shape index (κ1) is 15.4. The lowest BCUT2D eigenvalue weighted by atomic mass is 10.1. The first-order valence-corrected chi connectivity index (χ1v) is 6.71. The van der Waals surface area contributed by atoms with E-state index in [0.29, 0.717) is 26.9 Å². The van der Waals surface area contributed by atoms with Crippen LogP contribution in [-0.4, -0.2) is 19.0 Å². The standard InChI is InChI=1S/C15H11Cl2NO3/c1-21-15(20)9-3-2-4-13(7-9)18-14(19)10-5-11(16)8-12(17)6-10/h2-8H,1H3,(H,18,19). The van der Waals surface area contributed by atoms with Crippen molar-refractivity contribution in [2.45, 2.75) is 0 Å². The number of rotatable bonds is 3. The number of nitrogens with one attached hydrogen (secondary N) is 1. The summed E-state index contributed by atoms with van der Waals surface area (Å²) in [6, 6.07) is 11.0. The minimum Gasteiger partial charge on any atom is -0.465 e. The Labute approximate surface area is 131 Å². The molecule has 0 heterocycles. The molecular weight excluding hydrogens is 313 g/mol. The zero-order valence-electron chi connectivity index (χ0n) is 11.0. The number of hydrogen-bond acceptors (Lipinski definition) is 3. The van der Waals surface area contributed by atoms with Crippen molar-refractivity contribution in [1.29, 1.82) is 0 Å². The van der Waals surface area contributed by atoms with E-state index in [0.717, 1.165) is 0 Å². The molecule has 0 saturated carbocycles. The van der Waals surface area contributed by atoms with Crippen LogP contribution in [0.2, 0.25) is 10.0 Å². The van der Waals surface area contributed by atoms with Gasteiger partial charge < -0.3 is 10.1 Å². The fourth-order valence-corrected chi connectivity index (χ4v) is 2.26. The number of amides is 1. The van der Waals surface area contributed by atoms with Crippen LogP contribution in [0.25, 0.3) is 0 Å². The zero-order chi connectivity index (χ0) is 15.4. The molecule has 0 spiro atoms. The zero-order valence-corrected chi connectivity index (χ0v) is 12.5. The summed E-state index contributed by atoms with van der Waals surface area (Å²) in [7, 11) is 1.29. The lowest BCUT2D eigenvalue weighted by Crippen LogP contribution is -2.12. The summed E-state index contributed by atoms with van der Waals surface area (Å²) >= 11 is 11.7. The Balaban J connectivity index is 2.21. The highest BCUT2D eigenvalue weighted by atomic mass is 35.5. The maximum atomic E-state index is 12.1. The van der Waals surface area contributed by atoms with E-state index in [9.17, 15) is 9.59 Å². The largest absolute Gasteiger partial charge is 0.465 e. The number of carbonyl (C=O) groups excluding carboxylic acids is 2. The Morgan fingerprint density at radius 1 is 1.00 bits per heavy atom. The molecule has 0 aromatic heterocycles. The van der Waals surface area contributed by atoms with Gasteiger partial charge in [-0.05, 0) is 36.4 Å². The van der Waals surface area contributed by atoms with Gasteiger partial charge in [0.15, 0.2) is 0 Å². The topological polar surface area (TPSA) is 55.4 Å². The fourth-order valence-electron chi connectivity index (χ4n) is 1.73. The molecule has 0 bridgehead atoms. The Kier molecular flexibility index (Phi) is 4.83. The third-order valence-electron chi connectivity index (χ3n) is 2.67. The van der Waals surface area contributed by atoms with Crippen molar-refractivity contribution in [3.8, 4) is 0 Å². The normalized spacial score (nSPS) is 10.0. The van der Waals surface area contributed by atoms with Gasteiger partial charge in [-0.15, -0.1) is 0 Å². The van der Waals surface area contributed by atoms with Crippen LogP contribution in [0.5, 0.6) is 0 Å². The van der Waals surface area contributed by atoms with Gasteiger partial charge in [-0.1, -0.05) is 29.3 Å². The van der Waals surface area contributed by atoms with Crippen molar-refractivity contribution in [2.75, 3.05) is 12.4 Å². The Bertz CT molecular complexity index is 681. The molecule has 0 aliphatic carbocycles. The minimum atomic E-state index is -0.475. The van der Waals surface area contributed by atoms with Crippen molar-refractivity contribution in [2.24, 2.45) is 0 Å². The molecule has 108 valence electrons. The van der Waals surface area contributed by atoms with E-state index >= 15 is 0 Å². The fraction of sp³-hybridized carbons (Fsp3) is 0.0667. The van der Waals surface area contributed by atoms with Crippen LogP contribution in [0.4, 0.5) is 5.69 Å². The maximum Gasteiger partial charge on any atom is 0.337 e. The molecule has 0 unspecified atom stereocenters. The highest BCUT2D eigenvalue weighted by molar-refractivity contribution is 6.35. The van der Waals surface area contributed by atoms with Gasteiger partial charge >= 0.3 is 5.97 Å². The molecule has 0 atom stereocenters. The van der Waals surface area contributed by atoms with Gasteiger partial charge in [0.25, 0.3) is 5.91 Å². The van der Waals surface area contributed by atoms with Crippen LogP contribution in [-0.2, 0) is 4.74 Å². The van der Waals surface area contributed by atoms with E-state index in [1.807, 2.05) is 0 Å². The number of hydrogen-bond donors (Lipinski definition) is 1. The molecule has 6 heteroatoms. The van der Waals surface area contributed by atoms with Gasteiger partial charge in [-0.25, -0.2) is 4.79 Å². The molecule has 1 amide bonds. The maximum absolute atomic E-state index is 12.1. The van der Waals surface area contributed by atoms with Crippen molar-refractivity contribution < 1.29 is 14.3 Å². The summed E-state index contributed by atoms with van der Waals surface area (Å²) in [6.45, 7) is 0. The van der Waals surface area contributed by atoms with Gasteiger partial charge in [0.05, 0.1) is 12.7 Å². The van der Waals surface area contributed by atoms with E-state index in [1.165, 1.54) is 31.4 Å². The second-order valence-electron chi connectivity index (χ2n) is 4.18. The number of benzene rings is 2. The molecule has 0 aliphatic heterocycles. The lowest BCUT2D eigenvalue weighted by molar-refractivity contribution is 0.0600. The van der Waals surface area contributed by atoms with E-state index in [-0.39, 0.29) is 5.91 Å². The number of halogens is 2. The number of ether oxygens (including phenoxy) is 1. The van der Waals surface area contributed by atoms with Crippen molar-refractivity contribution >= 4 is 40.8 Å². The third kappa shape index (κ3) is 3.97. The molecule has 2 aromatic carbocycles. The van der Waals surface area contributed by atoms with Gasteiger partial charge in [0, 0.05) is 21.3 Å². The van der Waals surface area contributed by atoms with E-state index < -0.39 is 5.97 Å². The van der Waals surface area contributed by atoms with Gasteiger partial charge in [-0.2, -0.15) is 0 Å². The van der Waals surface area contributed by atoms with Crippen LogP contribution < -0.4 is 5.32 Å². The van der Waals surface area contributed by atoms with Crippen molar-refractivity contribution in [3.05, 3.63) is 63.6 Å². The van der Waals surface area contributed by atoms with Crippen molar-refractivity contribution in [1.82, 2.24) is 0 Å². The molecular formula is C15H11Cl2NO3. The predicted octanol–water partition coefficient (Wildman–Crippen LogP) is 4.03. The number of carbonyl (C=O) groups is 2. The number of methoxy groups -OCH3 is 1. The van der Waals surface area contributed by atoms with E-state index in [2.05, 4.69) is 10.1 Å². The second-order valence-corrected chi connectivity index (χ2v) is 5.06. The highest BCUT2D eigenvalue weighted by Gasteiger charge is 2.10. The Hall–Kier alpha value is -2.04. The molecule has 0 aliphatic rings. The SMILES string of the molecule is COC(=O)c1cccc(NC(=O)c2cc(Cl)cc(Cl)c2)c1.